The maximum Gasteiger partial charge on any atom is 0.267 e. The standard InChI is InChI=1S/C17H19N3O2S/c1-3-12-6-8-13(9-7-12)19-16(22)15-11(2)18-17(23-15)20-10-4-5-14(20)21/h6-9H,3-5,10H2,1-2H3,(H,19,22). The van der Waals surface area contributed by atoms with Crippen molar-refractivity contribution in [2.75, 3.05) is 16.8 Å². The molecule has 1 aliphatic heterocycles. The molecule has 3 rings (SSSR count). The van der Waals surface area contributed by atoms with Crippen molar-refractivity contribution in [3.63, 3.8) is 0 Å². The van der Waals surface area contributed by atoms with Gasteiger partial charge in [-0.1, -0.05) is 30.4 Å². The lowest BCUT2D eigenvalue weighted by Crippen LogP contribution is -2.23. The molecular formula is C17H19N3O2S. The summed E-state index contributed by atoms with van der Waals surface area (Å²) in [6.45, 7) is 4.58. The van der Waals surface area contributed by atoms with Crippen LogP contribution in [0.1, 0.15) is 40.7 Å². The summed E-state index contributed by atoms with van der Waals surface area (Å²) in [4.78, 5) is 30.9. The highest BCUT2D eigenvalue weighted by molar-refractivity contribution is 7.18. The van der Waals surface area contributed by atoms with E-state index in [1.165, 1.54) is 16.9 Å². The number of thiazole rings is 1. The van der Waals surface area contributed by atoms with E-state index in [0.29, 0.717) is 28.7 Å². The number of hydrogen-bond acceptors (Lipinski definition) is 4. The minimum atomic E-state index is -0.179. The fraction of sp³-hybridized carbons (Fsp3) is 0.353. The molecule has 2 heterocycles. The highest BCUT2D eigenvalue weighted by atomic mass is 32.1. The number of aromatic nitrogens is 1. The second-order valence-electron chi connectivity index (χ2n) is 5.56. The van der Waals surface area contributed by atoms with Gasteiger partial charge in [0.2, 0.25) is 5.91 Å². The van der Waals surface area contributed by atoms with Crippen LogP contribution >= 0.6 is 11.3 Å². The molecule has 1 fully saturated rings. The average Bonchev–Trinajstić information content (AvgIpc) is 3.13. The Balaban J connectivity index is 1.76. The van der Waals surface area contributed by atoms with Gasteiger partial charge in [-0.2, -0.15) is 0 Å². The van der Waals surface area contributed by atoms with E-state index in [9.17, 15) is 9.59 Å². The van der Waals surface area contributed by atoms with E-state index >= 15 is 0 Å². The number of hydrogen-bond donors (Lipinski definition) is 1. The Bertz CT molecular complexity index is 737. The minimum Gasteiger partial charge on any atom is -0.321 e. The molecule has 2 aromatic rings. The molecule has 1 aromatic heterocycles. The van der Waals surface area contributed by atoms with Crippen molar-refractivity contribution in [2.45, 2.75) is 33.1 Å². The van der Waals surface area contributed by atoms with Crippen molar-refractivity contribution >= 4 is 34.0 Å². The van der Waals surface area contributed by atoms with Crippen molar-refractivity contribution < 1.29 is 9.59 Å². The summed E-state index contributed by atoms with van der Waals surface area (Å²) in [5, 5.41) is 3.52. The van der Waals surface area contributed by atoms with Crippen LogP contribution in [0.15, 0.2) is 24.3 Å². The van der Waals surface area contributed by atoms with Gasteiger partial charge in [-0.25, -0.2) is 4.98 Å². The normalized spacial score (nSPS) is 14.3. The largest absolute Gasteiger partial charge is 0.321 e. The molecule has 0 bridgehead atoms. The van der Waals surface area contributed by atoms with E-state index in [1.807, 2.05) is 24.3 Å². The van der Waals surface area contributed by atoms with Crippen molar-refractivity contribution in [1.82, 2.24) is 4.98 Å². The summed E-state index contributed by atoms with van der Waals surface area (Å²) in [5.74, 6) is -0.0944. The van der Waals surface area contributed by atoms with Gasteiger partial charge in [0.25, 0.3) is 5.91 Å². The van der Waals surface area contributed by atoms with E-state index in [1.54, 1.807) is 11.8 Å². The number of nitrogens with zero attached hydrogens (tertiary/aromatic N) is 2. The molecule has 0 unspecified atom stereocenters. The van der Waals surface area contributed by atoms with Gasteiger partial charge in [0.1, 0.15) is 4.88 Å². The van der Waals surface area contributed by atoms with E-state index in [2.05, 4.69) is 17.2 Å². The number of nitrogens with one attached hydrogen (secondary N) is 1. The minimum absolute atomic E-state index is 0.0841. The Hall–Kier alpha value is -2.21. The van der Waals surface area contributed by atoms with Crippen LogP contribution < -0.4 is 10.2 Å². The quantitative estimate of drug-likeness (QED) is 0.935. The fourth-order valence-corrected chi connectivity index (χ4v) is 3.58. The van der Waals surface area contributed by atoms with Gasteiger partial charge < -0.3 is 5.32 Å². The third-order valence-electron chi connectivity index (χ3n) is 3.92. The SMILES string of the molecule is CCc1ccc(NC(=O)c2sc(N3CCCC3=O)nc2C)cc1. The number of benzene rings is 1. The summed E-state index contributed by atoms with van der Waals surface area (Å²) in [6.07, 6.45) is 2.38. The van der Waals surface area contributed by atoms with Crippen LogP contribution in [0.2, 0.25) is 0 Å². The summed E-state index contributed by atoms with van der Waals surface area (Å²) in [6, 6.07) is 7.81. The van der Waals surface area contributed by atoms with Crippen molar-refractivity contribution in [3.8, 4) is 0 Å². The van der Waals surface area contributed by atoms with Gasteiger partial charge in [-0.15, -0.1) is 0 Å². The van der Waals surface area contributed by atoms with Crippen molar-refractivity contribution in [3.05, 3.63) is 40.4 Å². The van der Waals surface area contributed by atoms with Gasteiger partial charge in [-0.05, 0) is 37.5 Å². The first-order chi connectivity index (χ1) is 11.1. The van der Waals surface area contributed by atoms with E-state index in [4.69, 9.17) is 0 Å². The molecule has 1 aromatic carbocycles. The Kier molecular flexibility index (Phi) is 4.43. The smallest absolute Gasteiger partial charge is 0.267 e. The van der Waals surface area contributed by atoms with Crippen LogP contribution in [-0.2, 0) is 11.2 Å². The second-order valence-corrected chi connectivity index (χ2v) is 6.54. The Morgan fingerprint density at radius 3 is 2.70 bits per heavy atom. The highest BCUT2D eigenvalue weighted by Gasteiger charge is 2.26. The first-order valence-corrected chi connectivity index (χ1v) is 8.58. The molecule has 1 N–H and O–H groups in total. The molecular weight excluding hydrogens is 310 g/mol. The van der Waals surface area contributed by atoms with Gasteiger partial charge in [0.05, 0.1) is 5.69 Å². The maximum atomic E-state index is 12.5. The number of rotatable bonds is 4. The Morgan fingerprint density at radius 1 is 1.35 bits per heavy atom. The van der Waals surface area contributed by atoms with Crippen LogP contribution in [-0.4, -0.2) is 23.3 Å². The number of anilines is 2. The molecule has 120 valence electrons. The molecule has 5 nitrogen and oxygen atoms in total. The zero-order chi connectivity index (χ0) is 16.4. The maximum absolute atomic E-state index is 12.5. The van der Waals surface area contributed by atoms with Crippen LogP contribution in [0.4, 0.5) is 10.8 Å². The lowest BCUT2D eigenvalue weighted by molar-refractivity contribution is -0.117. The number of carbonyl (C=O) groups is 2. The molecule has 1 aliphatic rings. The third-order valence-corrected chi connectivity index (χ3v) is 5.10. The third kappa shape index (κ3) is 3.27. The van der Waals surface area contributed by atoms with Gasteiger partial charge >= 0.3 is 0 Å². The molecule has 0 aliphatic carbocycles. The van der Waals surface area contributed by atoms with E-state index in [0.717, 1.165) is 18.5 Å². The predicted octanol–water partition coefficient (Wildman–Crippen LogP) is 3.39. The van der Waals surface area contributed by atoms with Crippen LogP contribution in [0, 0.1) is 6.92 Å². The zero-order valence-corrected chi connectivity index (χ0v) is 14.1. The molecule has 0 spiro atoms. The summed E-state index contributed by atoms with van der Waals surface area (Å²) < 4.78 is 0. The Morgan fingerprint density at radius 2 is 2.09 bits per heavy atom. The summed E-state index contributed by atoms with van der Waals surface area (Å²) in [5.41, 5.74) is 2.65. The average molecular weight is 329 g/mol. The molecule has 2 amide bonds. The molecule has 0 atom stereocenters. The predicted molar refractivity (Wildman–Crippen MR) is 92.2 cm³/mol. The van der Waals surface area contributed by atoms with Gasteiger partial charge in [0, 0.05) is 18.7 Å². The molecule has 1 saturated heterocycles. The number of aryl methyl sites for hydroxylation is 2. The van der Waals surface area contributed by atoms with Crippen LogP contribution in [0.25, 0.3) is 0 Å². The summed E-state index contributed by atoms with van der Waals surface area (Å²) in [7, 11) is 0. The van der Waals surface area contributed by atoms with Crippen LogP contribution in [0.5, 0.6) is 0 Å². The van der Waals surface area contributed by atoms with E-state index in [-0.39, 0.29) is 11.8 Å². The monoisotopic (exact) mass is 329 g/mol. The molecule has 23 heavy (non-hydrogen) atoms. The van der Waals surface area contributed by atoms with Gasteiger partial charge in [0.15, 0.2) is 5.13 Å². The van der Waals surface area contributed by atoms with Crippen LogP contribution in [0.3, 0.4) is 0 Å². The number of amides is 2. The molecule has 6 heteroatoms. The summed E-state index contributed by atoms with van der Waals surface area (Å²) >= 11 is 1.28. The highest BCUT2D eigenvalue weighted by Crippen LogP contribution is 2.29. The molecule has 0 saturated carbocycles. The lowest BCUT2D eigenvalue weighted by atomic mass is 10.1. The fourth-order valence-electron chi connectivity index (χ4n) is 2.57. The first kappa shape index (κ1) is 15.7. The Labute approximate surface area is 139 Å². The van der Waals surface area contributed by atoms with Gasteiger partial charge in [-0.3, -0.25) is 14.5 Å². The first-order valence-electron chi connectivity index (χ1n) is 7.76. The zero-order valence-electron chi connectivity index (χ0n) is 13.3. The van der Waals surface area contributed by atoms with Crippen molar-refractivity contribution in [2.24, 2.45) is 0 Å². The second kappa shape index (κ2) is 6.50. The van der Waals surface area contributed by atoms with Crippen molar-refractivity contribution in [1.29, 1.82) is 0 Å². The van der Waals surface area contributed by atoms with E-state index < -0.39 is 0 Å². The lowest BCUT2D eigenvalue weighted by Gasteiger charge is -2.10. The molecule has 0 radical (unpaired) electrons. The topological polar surface area (TPSA) is 62.3 Å². The number of carbonyl (C=O) groups excluding carboxylic acids is 2.